The number of hydrogen-bond donors (Lipinski definition) is 3. The number of aliphatic hydroxyl groups is 1. The molecule has 1 aromatic heterocycles. The van der Waals surface area contributed by atoms with Gasteiger partial charge in [-0.1, -0.05) is 26.0 Å². The van der Waals surface area contributed by atoms with Crippen LogP contribution in [0.25, 0.3) is 0 Å². The van der Waals surface area contributed by atoms with E-state index in [2.05, 4.69) is 20.9 Å². The average Bonchev–Trinajstić information content (AvgIpc) is 3.36. The van der Waals surface area contributed by atoms with Crippen LogP contribution in [0.15, 0.2) is 6.20 Å². The zero-order valence-electron chi connectivity index (χ0n) is 22.7. The first-order valence-corrected chi connectivity index (χ1v) is 12.7. The van der Waals surface area contributed by atoms with Crippen LogP contribution in [0.2, 0.25) is 0 Å². The van der Waals surface area contributed by atoms with Gasteiger partial charge in [-0.25, -0.2) is 4.68 Å². The predicted molar refractivity (Wildman–Crippen MR) is 133 cm³/mol. The second kappa shape index (κ2) is 10.5. The van der Waals surface area contributed by atoms with E-state index in [1.165, 1.54) is 11.9 Å². The molecular formula is C25H42N6O5. The number of amides is 3. The molecule has 1 saturated heterocycles. The summed E-state index contributed by atoms with van der Waals surface area (Å²) in [7, 11) is 1.49. The van der Waals surface area contributed by atoms with Gasteiger partial charge in [0, 0.05) is 32.1 Å². The molecule has 0 unspecified atom stereocenters. The molecule has 3 rings (SSSR count). The minimum absolute atomic E-state index is 0.0202. The molecule has 11 nitrogen and oxygen atoms in total. The number of nitrogens with zero attached hydrogens (tertiary/aromatic N) is 4. The van der Waals surface area contributed by atoms with Crippen LogP contribution < -0.4 is 10.6 Å². The van der Waals surface area contributed by atoms with Gasteiger partial charge in [-0.05, 0) is 46.0 Å². The number of aliphatic hydroxyl groups excluding tert-OH is 1. The van der Waals surface area contributed by atoms with E-state index in [9.17, 15) is 19.5 Å². The number of hydrogen-bond acceptors (Lipinski definition) is 7. The van der Waals surface area contributed by atoms with Crippen LogP contribution in [-0.4, -0.2) is 86.2 Å². The van der Waals surface area contributed by atoms with Crippen molar-refractivity contribution in [1.82, 2.24) is 30.5 Å². The lowest BCUT2D eigenvalue weighted by Crippen LogP contribution is -2.58. The van der Waals surface area contributed by atoms with E-state index in [1.807, 2.05) is 47.7 Å². The van der Waals surface area contributed by atoms with E-state index in [1.54, 1.807) is 11.6 Å². The highest BCUT2D eigenvalue weighted by atomic mass is 16.5. The number of nitrogens with one attached hydrogen (secondary N) is 2. The standard InChI is InChI=1S/C25H42N6O5/c1-14(36-25(5,6)7)19(22(34)26-8)27-21(33)18-11-16(32)12-30(18)23(35)20(24(2,3)4)31-13-17(28-29-31)15-9-10-15/h13-16,18-20,32H,9-12H2,1-8H3,(H,26,34)(H,27,33)/t14-,16-,18+,19+,20-/m1/s1. The largest absolute Gasteiger partial charge is 0.391 e. The van der Waals surface area contributed by atoms with Gasteiger partial charge in [-0.2, -0.15) is 0 Å². The van der Waals surface area contributed by atoms with Crippen molar-refractivity contribution in [2.24, 2.45) is 5.41 Å². The first-order chi connectivity index (χ1) is 16.6. The van der Waals surface area contributed by atoms with Crippen LogP contribution in [0.1, 0.15) is 85.4 Å². The summed E-state index contributed by atoms with van der Waals surface area (Å²) >= 11 is 0. The summed E-state index contributed by atoms with van der Waals surface area (Å²) in [5.74, 6) is -0.843. The molecule has 0 bridgehead atoms. The maximum absolute atomic E-state index is 13.9. The highest BCUT2D eigenvalue weighted by Gasteiger charge is 2.46. The highest BCUT2D eigenvalue weighted by Crippen LogP contribution is 2.40. The number of likely N-dealkylation sites (tertiary alicyclic amines) is 1. The number of aromatic nitrogens is 3. The maximum atomic E-state index is 13.9. The molecule has 0 spiro atoms. The molecule has 1 aromatic rings. The lowest BCUT2D eigenvalue weighted by Gasteiger charge is -2.35. The fourth-order valence-corrected chi connectivity index (χ4v) is 4.75. The Morgan fingerprint density at radius 3 is 2.33 bits per heavy atom. The van der Waals surface area contributed by atoms with Gasteiger partial charge in [0.1, 0.15) is 18.1 Å². The van der Waals surface area contributed by atoms with Crippen LogP contribution in [0, 0.1) is 5.41 Å². The number of rotatable bonds is 8. The lowest BCUT2D eigenvalue weighted by molar-refractivity contribution is -0.146. The van der Waals surface area contributed by atoms with E-state index in [4.69, 9.17) is 4.74 Å². The van der Waals surface area contributed by atoms with E-state index < -0.39 is 53.2 Å². The minimum atomic E-state index is -0.966. The van der Waals surface area contributed by atoms with Crippen LogP contribution in [0.3, 0.4) is 0 Å². The van der Waals surface area contributed by atoms with E-state index >= 15 is 0 Å². The number of β-amino-alcohol motifs (C(OH)–C–C–N with tert-alkyl or cyclic N) is 1. The third-order valence-electron chi connectivity index (χ3n) is 6.54. The molecular weight excluding hydrogens is 464 g/mol. The Hall–Kier alpha value is -2.53. The van der Waals surface area contributed by atoms with Gasteiger partial charge in [0.05, 0.1) is 23.5 Å². The summed E-state index contributed by atoms with van der Waals surface area (Å²) in [5.41, 5.74) is -0.187. The Balaban J connectivity index is 1.83. The van der Waals surface area contributed by atoms with E-state index in [0.29, 0.717) is 5.92 Å². The number of carbonyl (C=O) groups is 3. The van der Waals surface area contributed by atoms with Crippen molar-refractivity contribution in [2.45, 2.75) is 110 Å². The Bertz CT molecular complexity index is 961. The van der Waals surface area contributed by atoms with Gasteiger partial charge in [0.25, 0.3) is 0 Å². The monoisotopic (exact) mass is 506 g/mol. The van der Waals surface area contributed by atoms with Gasteiger partial charge < -0.3 is 25.4 Å². The summed E-state index contributed by atoms with van der Waals surface area (Å²) in [4.78, 5) is 41.3. The van der Waals surface area contributed by atoms with Gasteiger partial charge in [0.2, 0.25) is 17.7 Å². The molecule has 1 aliphatic heterocycles. The molecule has 2 fully saturated rings. The molecule has 3 amide bonds. The van der Waals surface area contributed by atoms with Crippen LogP contribution >= 0.6 is 0 Å². The summed E-state index contributed by atoms with van der Waals surface area (Å²) in [6, 6.07) is -2.61. The molecule has 5 atom stereocenters. The topological polar surface area (TPSA) is 139 Å². The van der Waals surface area contributed by atoms with Crippen molar-refractivity contribution in [2.75, 3.05) is 13.6 Å². The Morgan fingerprint density at radius 2 is 1.81 bits per heavy atom. The summed E-state index contributed by atoms with van der Waals surface area (Å²) in [6.07, 6.45) is 2.55. The molecule has 202 valence electrons. The third kappa shape index (κ3) is 6.61. The summed E-state index contributed by atoms with van der Waals surface area (Å²) in [5, 5.41) is 24.3. The van der Waals surface area contributed by atoms with Gasteiger partial charge >= 0.3 is 0 Å². The normalized spacial score (nSPS) is 23.2. The first-order valence-electron chi connectivity index (χ1n) is 12.7. The number of likely N-dealkylation sites (N-methyl/N-ethyl adjacent to an activating group) is 1. The number of carbonyl (C=O) groups excluding carboxylic acids is 3. The molecule has 1 aliphatic carbocycles. The Kier molecular flexibility index (Phi) is 8.14. The Labute approximate surface area is 213 Å². The number of ether oxygens (including phenoxy) is 1. The van der Waals surface area contributed by atoms with Crippen molar-refractivity contribution < 1.29 is 24.2 Å². The zero-order chi connectivity index (χ0) is 27.0. The summed E-state index contributed by atoms with van der Waals surface area (Å²) < 4.78 is 7.51. The zero-order valence-corrected chi connectivity index (χ0v) is 22.7. The lowest BCUT2D eigenvalue weighted by atomic mass is 9.85. The smallest absolute Gasteiger partial charge is 0.248 e. The molecule has 2 heterocycles. The minimum Gasteiger partial charge on any atom is -0.391 e. The van der Waals surface area contributed by atoms with Crippen molar-refractivity contribution >= 4 is 17.7 Å². The molecule has 0 radical (unpaired) electrons. The second-order valence-electron chi connectivity index (χ2n) is 12.1. The van der Waals surface area contributed by atoms with Gasteiger partial charge in [0.15, 0.2) is 0 Å². The quantitative estimate of drug-likeness (QED) is 0.480. The van der Waals surface area contributed by atoms with Crippen molar-refractivity contribution in [1.29, 1.82) is 0 Å². The molecule has 11 heteroatoms. The summed E-state index contributed by atoms with van der Waals surface area (Å²) in [6.45, 7) is 13.1. The molecule has 3 N–H and O–H groups in total. The SMILES string of the molecule is CNC(=O)[C@@H](NC(=O)[C@@H]1C[C@@H](O)CN1C(=O)[C@@H](n1cc(C2CC2)nn1)C(C)(C)C)[C@@H](C)OC(C)(C)C. The van der Waals surface area contributed by atoms with Gasteiger partial charge in [-0.3, -0.25) is 14.4 Å². The maximum Gasteiger partial charge on any atom is 0.248 e. The fourth-order valence-electron chi connectivity index (χ4n) is 4.75. The second-order valence-corrected chi connectivity index (χ2v) is 12.1. The van der Waals surface area contributed by atoms with Crippen molar-refractivity contribution in [3.63, 3.8) is 0 Å². The molecule has 1 saturated carbocycles. The third-order valence-corrected chi connectivity index (χ3v) is 6.54. The van der Waals surface area contributed by atoms with Gasteiger partial charge in [-0.15, -0.1) is 5.10 Å². The van der Waals surface area contributed by atoms with Crippen LogP contribution in [0.4, 0.5) is 0 Å². The van der Waals surface area contributed by atoms with Crippen molar-refractivity contribution in [3.8, 4) is 0 Å². The van der Waals surface area contributed by atoms with E-state index in [0.717, 1.165) is 18.5 Å². The molecule has 36 heavy (non-hydrogen) atoms. The first kappa shape index (κ1) is 28.0. The van der Waals surface area contributed by atoms with Crippen LogP contribution in [-0.2, 0) is 19.1 Å². The Morgan fingerprint density at radius 1 is 1.17 bits per heavy atom. The molecule has 0 aromatic carbocycles. The van der Waals surface area contributed by atoms with Crippen LogP contribution in [0.5, 0.6) is 0 Å². The predicted octanol–water partition coefficient (Wildman–Crippen LogP) is 1.14. The fraction of sp³-hybridized carbons (Fsp3) is 0.800. The van der Waals surface area contributed by atoms with Crippen molar-refractivity contribution in [3.05, 3.63) is 11.9 Å². The molecule has 2 aliphatic rings. The highest BCUT2D eigenvalue weighted by molar-refractivity contribution is 5.93. The van der Waals surface area contributed by atoms with E-state index in [-0.39, 0.29) is 18.9 Å². The average molecular weight is 507 g/mol.